The van der Waals surface area contributed by atoms with Crippen LogP contribution in [0, 0.1) is 0 Å². The summed E-state index contributed by atoms with van der Waals surface area (Å²) in [5, 5.41) is 6.45. The van der Waals surface area contributed by atoms with E-state index in [1.54, 1.807) is 0 Å². The number of hydrogen-bond acceptors (Lipinski definition) is 9. The van der Waals surface area contributed by atoms with Crippen LogP contribution in [0.15, 0.2) is 24.5 Å². The summed E-state index contributed by atoms with van der Waals surface area (Å²) >= 11 is 0. The van der Waals surface area contributed by atoms with E-state index in [9.17, 15) is 4.79 Å². The van der Waals surface area contributed by atoms with Crippen molar-refractivity contribution < 1.29 is 9.53 Å². The molecule has 1 spiro atoms. The first kappa shape index (κ1) is 24.1. The molecule has 7 rings (SSSR count). The fourth-order valence-electron chi connectivity index (χ4n) is 7.32. The molecule has 2 aromatic heterocycles. The third kappa shape index (κ3) is 4.27. The molecule has 10 heteroatoms. The summed E-state index contributed by atoms with van der Waals surface area (Å²) in [7, 11) is 0. The zero-order chi connectivity index (χ0) is 25.5. The fraction of sp³-hybridized carbons (Fsp3) is 0.643. The van der Waals surface area contributed by atoms with E-state index in [0.29, 0.717) is 24.5 Å². The lowest BCUT2D eigenvalue weighted by Crippen LogP contribution is -2.56. The van der Waals surface area contributed by atoms with E-state index in [0.717, 1.165) is 88.1 Å². The molecule has 5 aliphatic rings. The normalized spacial score (nSPS) is 26.8. The lowest BCUT2D eigenvalue weighted by atomic mass is 9.91. The Labute approximate surface area is 224 Å². The minimum atomic E-state index is -0.497. The molecule has 0 bridgehead atoms. The van der Waals surface area contributed by atoms with Gasteiger partial charge in [-0.2, -0.15) is 4.98 Å². The molecule has 2 N–H and O–H groups in total. The van der Waals surface area contributed by atoms with Gasteiger partial charge in [-0.05, 0) is 44.2 Å². The lowest BCUT2D eigenvalue weighted by Gasteiger charge is -2.40. The molecule has 1 amide bonds. The van der Waals surface area contributed by atoms with Crippen molar-refractivity contribution in [3.05, 3.63) is 30.1 Å². The number of amides is 1. The number of piperidine rings is 1. The molecule has 6 heterocycles. The molecule has 10 nitrogen and oxygen atoms in total. The number of aromatic nitrogens is 3. The van der Waals surface area contributed by atoms with Crippen LogP contribution in [0.1, 0.15) is 50.5 Å². The van der Waals surface area contributed by atoms with Gasteiger partial charge in [-0.1, -0.05) is 12.8 Å². The molecular formula is C28H38N8O2. The first-order valence-corrected chi connectivity index (χ1v) is 14.4. The number of ether oxygens (including phenoxy) is 1. The molecule has 0 radical (unpaired) electrons. The fourth-order valence-corrected chi connectivity index (χ4v) is 7.32. The Morgan fingerprint density at radius 2 is 1.79 bits per heavy atom. The van der Waals surface area contributed by atoms with Crippen LogP contribution >= 0.6 is 0 Å². The van der Waals surface area contributed by atoms with Crippen LogP contribution in [0.3, 0.4) is 0 Å². The van der Waals surface area contributed by atoms with Gasteiger partial charge in [0.05, 0.1) is 25.1 Å². The van der Waals surface area contributed by atoms with Crippen LogP contribution in [0.25, 0.3) is 0 Å². The SMILES string of the molecule is O=C1NCC[C@@]12Cc1cnc(Nc3ccc(N4CCC(N5CCOCC5)CC4)nc3)nc1N2C1CCCC1. The molecule has 202 valence electrons. The summed E-state index contributed by atoms with van der Waals surface area (Å²) in [6.45, 7) is 6.63. The number of anilines is 4. The van der Waals surface area contributed by atoms with Crippen LogP contribution in [-0.2, 0) is 16.0 Å². The van der Waals surface area contributed by atoms with Gasteiger partial charge >= 0.3 is 0 Å². The van der Waals surface area contributed by atoms with Gasteiger partial charge < -0.3 is 25.2 Å². The quantitative estimate of drug-likeness (QED) is 0.619. The van der Waals surface area contributed by atoms with Crippen molar-refractivity contribution in [3.63, 3.8) is 0 Å². The monoisotopic (exact) mass is 518 g/mol. The summed E-state index contributed by atoms with van der Waals surface area (Å²) in [6.07, 6.45) is 12.3. The number of hydrogen-bond donors (Lipinski definition) is 2. The van der Waals surface area contributed by atoms with Crippen LogP contribution in [0.4, 0.5) is 23.3 Å². The van der Waals surface area contributed by atoms with Crippen molar-refractivity contribution in [3.8, 4) is 0 Å². The molecule has 4 fully saturated rings. The second-order valence-corrected chi connectivity index (χ2v) is 11.5. The van der Waals surface area contributed by atoms with Gasteiger partial charge in [0, 0.05) is 63.0 Å². The predicted octanol–water partition coefficient (Wildman–Crippen LogP) is 2.48. The maximum Gasteiger partial charge on any atom is 0.246 e. The van der Waals surface area contributed by atoms with Gasteiger partial charge in [0.2, 0.25) is 11.9 Å². The Hall–Kier alpha value is -2.98. The topological polar surface area (TPSA) is 98.8 Å². The number of rotatable bonds is 5. The zero-order valence-electron chi connectivity index (χ0n) is 22.1. The molecule has 1 saturated carbocycles. The number of fused-ring (bicyclic) bond motifs is 1. The Bertz CT molecular complexity index is 1160. The van der Waals surface area contributed by atoms with Crippen molar-refractivity contribution in [2.24, 2.45) is 0 Å². The molecule has 38 heavy (non-hydrogen) atoms. The van der Waals surface area contributed by atoms with E-state index in [1.165, 1.54) is 25.7 Å². The highest BCUT2D eigenvalue weighted by Gasteiger charge is 2.55. The van der Waals surface area contributed by atoms with E-state index in [-0.39, 0.29) is 5.91 Å². The van der Waals surface area contributed by atoms with Crippen LogP contribution < -0.4 is 20.4 Å². The maximum absolute atomic E-state index is 13.0. The van der Waals surface area contributed by atoms with Crippen LogP contribution in [0.5, 0.6) is 0 Å². The molecule has 0 aromatic carbocycles. The number of carbonyl (C=O) groups excluding carboxylic acids is 1. The van der Waals surface area contributed by atoms with Crippen molar-refractivity contribution in [1.29, 1.82) is 0 Å². The van der Waals surface area contributed by atoms with E-state index in [4.69, 9.17) is 14.7 Å². The summed E-state index contributed by atoms with van der Waals surface area (Å²) in [6, 6.07) is 5.18. The number of carbonyl (C=O) groups is 1. The molecule has 4 aliphatic heterocycles. The minimum absolute atomic E-state index is 0.144. The standard InChI is InChI=1S/C28H38N8O2/c37-26-28(9-10-29-26)17-20-18-31-27(33-25(20)36(28)23-3-1-2-4-23)32-21-5-6-24(30-19-21)35-11-7-22(8-12-35)34-13-15-38-16-14-34/h5-6,18-19,22-23H,1-4,7-17H2,(H,29,37)(H,31,32,33)/t28-/m1/s1. The van der Waals surface area contributed by atoms with E-state index < -0.39 is 5.54 Å². The third-order valence-electron chi connectivity index (χ3n) is 9.31. The third-order valence-corrected chi connectivity index (χ3v) is 9.31. The molecule has 1 atom stereocenters. The van der Waals surface area contributed by atoms with Crippen molar-refractivity contribution >= 4 is 29.2 Å². The highest BCUT2D eigenvalue weighted by molar-refractivity contribution is 5.94. The highest BCUT2D eigenvalue weighted by Crippen LogP contribution is 2.46. The first-order valence-electron chi connectivity index (χ1n) is 14.4. The number of nitrogens with one attached hydrogen (secondary N) is 2. The van der Waals surface area contributed by atoms with Gasteiger partial charge in [-0.3, -0.25) is 9.69 Å². The lowest BCUT2D eigenvalue weighted by molar-refractivity contribution is -0.123. The van der Waals surface area contributed by atoms with Gasteiger partial charge in [-0.15, -0.1) is 0 Å². The van der Waals surface area contributed by atoms with Crippen LogP contribution in [0.2, 0.25) is 0 Å². The summed E-state index contributed by atoms with van der Waals surface area (Å²) in [4.78, 5) is 34.7. The average Bonchev–Trinajstić information content (AvgIpc) is 3.69. The largest absolute Gasteiger partial charge is 0.379 e. The van der Waals surface area contributed by atoms with Gasteiger partial charge in [0.1, 0.15) is 17.2 Å². The maximum atomic E-state index is 13.0. The molecule has 1 aliphatic carbocycles. The predicted molar refractivity (Wildman–Crippen MR) is 146 cm³/mol. The second-order valence-electron chi connectivity index (χ2n) is 11.5. The van der Waals surface area contributed by atoms with E-state index in [2.05, 4.69) is 42.5 Å². The highest BCUT2D eigenvalue weighted by atomic mass is 16.5. The van der Waals surface area contributed by atoms with E-state index in [1.807, 2.05) is 12.4 Å². The Morgan fingerprint density at radius 3 is 2.50 bits per heavy atom. The van der Waals surface area contributed by atoms with Gasteiger partial charge in [0.15, 0.2) is 0 Å². The van der Waals surface area contributed by atoms with Gasteiger partial charge in [-0.25, -0.2) is 9.97 Å². The molecule has 2 aromatic rings. The number of morpholine rings is 1. The zero-order valence-corrected chi connectivity index (χ0v) is 22.1. The summed E-state index contributed by atoms with van der Waals surface area (Å²) in [5.41, 5.74) is 1.45. The van der Waals surface area contributed by atoms with Crippen molar-refractivity contribution in [2.75, 3.05) is 61.1 Å². The molecule has 0 unspecified atom stereocenters. The smallest absolute Gasteiger partial charge is 0.246 e. The minimum Gasteiger partial charge on any atom is -0.379 e. The Kier molecular flexibility index (Phi) is 6.31. The van der Waals surface area contributed by atoms with Crippen molar-refractivity contribution in [1.82, 2.24) is 25.2 Å². The number of nitrogens with zero attached hydrogens (tertiary/aromatic N) is 6. The van der Waals surface area contributed by atoms with Crippen LogP contribution in [-0.4, -0.2) is 89.3 Å². The average molecular weight is 519 g/mol. The van der Waals surface area contributed by atoms with Gasteiger partial charge in [0.25, 0.3) is 0 Å². The van der Waals surface area contributed by atoms with Crippen molar-refractivity contribution in [2.45, 2.75) is 69.0 Å². The summed E-state index contributed by atoms with van der Waals surface area (Å²) in [5.74, 6) is 2.65. The first-order chi connectivity index (χ1) is 18.7. The second kappa shape index (κ2) is 9.96. The Balaban J connectivity index is 1.03. The van der Waals surface area contributed by atoms with E-state index >= 15 is 0 Å². The molecule has 3 saturated heterocycles. The Morgan fingerprint density at radius 1 is 0.974 bits per heavy atom. The summed E-state index contributed by atoms with van der Waals surface area (Å²) < 4.78 is 5.52. The number of pyridine rings is 1. The molecular weight excluding hydrogens is 480 g/mol.